The van der Waals surface area contributed by atoms with Crippen LogP contribution in [0.25, 0.3) is 0 Å². The van der Waals surface area contributed by atoms with Crippen molar-refractivity contribution in [3.05, 3.63) is 92.4 Å². The number of nitro groups is 1. The molecular formula is C22H14ClN3O8. The van der Waals surface area contributed by atoms with Gasteiger partial charge < -0.3 is 14.5 Å². The van der Waals surface area contributed by atoms with E-state index in [0.29, 0.717) is 5.76 Å². The van der Waals surface area contributed by atoms with E-state index in [4.69, 9.17) is 20.8 Å². The van der Waals surface area contributed by atoms with E-state index in [9.17, 15) is 29.3 Å². The predicted octanol–water partition coefficient (Wildman–Crippen LogP) is 3.43. The topological polar surface area (TPSA) is 149 Å². The molecule has 2 aromatic carbocycles. The molecule has 11 nitrogen and oxygen atoms in total. The maximum absolute atomic E-state index is 12.7. The molecule has 0 atom stereocenters. The van der Waals surface area contributed by atoms with E-state index in [-0.39, 0.29) is 33.9 Å². The number of hydrogen-bond acceptors (Lipinski definition) is 8. The Kier molecular flexibility index (Phi) is 6.11. The molecule has 0 unspecified atom stereocenters. The van der Waals surface area contributed by atoms with Gasteiger partial charge in [0.25, 0.3) is 23.4 Å². The molecule has 0 bridgehead atoms. The van der Waals surface area contributed by atoms with Crippen LogP contribution in [0.3, 0.4) is 0 Å². The van der Waals surface area contributed by atoms with Gasteiger partial charge in [0.2, 0.25) is 0 Å². The number of halogens is 1. The molecule has 1 aromatic heterocycles. The normalized spacial score (nSPS) is 12.4. The number of esters is 1. The molecule has 172 valence electrons. The van der Waals surface area contributed by atoms with Gasteiger partial charge in [0.05, 0.1) is 34.4 Å². The predicted molar refractivity (Wildman–Crippen MR) is 116 cm³/mol. The van der Waals surface area contributed by atoms with Gasteiger partial charge in [-0.25, -0.2) is 4.79 Å². The fourth-order valence-corrected chi connectivity index (χ4v) is 3.45. The Hall–Kier alpha value is -4.51. The lowest BCUT2D eigenvalue weighted by Crippen LogP contribution is -2.28. The number of nitrogens with one attached hydrogen (secondary N) is 1. The third-order valence-electron chi connectivity index (χ3n) is 4.86. The minimum absolute atomic E-state index is 0.0314. The number of carbonyl (C=O) groups excluding carboxylic acids is 4. The van der Waals surface area contributed by atoms with Crippen LogP contribution in [0.15, 0.2) is 59.2 Å². The smallest absolute Gasteiger partial charge is 0.338 e. The first-order valence-electron chi connectivity index (χ1n) is 9.68. The van der Waals surface area contributed by atoms with Gasteiger partial charge in [0, 0.05) is 11.8 Å². The third-order valence-corrected chi connectivity index (χ3v) is 5.18. The monoisotopic (exact) mass is 483 g/mol. The number of amides is 3. The summed E-state index contributed by atoms with van der Waals surface area (Å²) in [4.78, 5) is 60.9. The number of carbonyl (C=O) groups is 4. The summed E-state index contributed by atoms with van der Waals surface area (Å²) in [5.41, 5.74) is -0.167. The second-order valence-electron chi connectivity index (χ2n) is 7.08. The fraction of sp³-hybridized carbons (Fsp3) is 0.0909. The Morgan fingerprint density at radius 1 is 1.09 bits per heavy atom. The molecule has 4 rings (SSSR count). The van der Waals surface area contributed by atoms with E-state index in [2.05, 4.69) is 5.32 Å². The summed E-state index contributed by atoms with van der Waals surface area (Å²) in [5.74, 6) is -2.33. The van der Waals surface area contributed by atoms with Crippen LogP contribution in [0.2, 0.25) is 5.02 Å². The zero-order chi connectivity index (χ0) is 24.4. The number of furan rings is 1. The number of hydrogen-bond donors (Lipinski definition) is 1. The van der Waals surface area contributed by atoms with E-state index < -0.39 is 40.9 Å². The van der Waals surface area contributed by atoms with Crippen LogP contribution in [0.1, 0.15) is 36.8 Å². The molecule has 0 spiro atoms. The number of nitrogens with zero attached hydrogens (tertiary/aromatic N) is 2. The van der Waals surface area contributed by atoms with E-state index >= 15 is 0 Å². The van der Waals surface area contributed by atoms with E-state index in [1.165, 1.54) is 36.6 Å². The summed E-state index contributed by atoms with van der Waals surface area (Å²) in [6.07, 6.45) is 1.42. The van der Waals surface area contributed by atoms with Gasteiger partial charge in [0.15, 0.2) is 6.61 Å². The van der Waals surface area contributed by atoms with Crippen LogP contribution in [0.5, 0.6) is 0 Å². The lowest BCUT2D eigenvalue weighted by atomic mass is 10.1. The summed E-state index contributed by atoms with van der Waals surface area (Å²) in [6, 6.07) is 10.8. The summed E-state index contributed by atoms with van der Waals surface area (Å²) in [7, 11) is 0. The largest absolute Gasteiger partial charge is 0.467 e. The molecule has 0 aliphatic carbocycles. The Labute approximate surface area is 196 Å². The van der Waals surface area contributed by atoms with E-state index in [1.54, 1.807) is 12.1 Å². The number of imide groups is 1. The lowest BCUT2D eigenvalue weighted by molar-refractivity contribution is -0.384. The second kappa shape index (κ2) is 9.16. The number of rotatable bonds is 7. The van der Waals surface area contributed by atoms with Crippen molar-refractivity contribution >= 4 is 46.7 Å². The number of benzene rings is 2. The molecule has 2 heterocycles. The maximum Gasteiger partial charge on any atom is 0.338 e. The first-order chi connectivity index (χ1) is 16.2. The molecule has 34 heavy (non-hydrogen) atoms. The molecule has 1 aliphatic rings. The summed E-state index contributed by atoms with van der Waals surface area (Å²) < 4.78 is 10.1. The molecule has 0 radical (unpaired) electrons. The molecule has 1 aliphatic heterocycles. The summed E-state index contributed by atoms with van der Waals surface area (Å²) in [6.45, 7) is -0.744. The van der Waals surface area contributed by atoms with Crippen molar-refractivity contribution in [2.24, 2.45) is 0 Å². The Morgan fingerprint density at radius 2 is 1.85 bits per heavy atom. The molecule has 0 saturated heterocycles. The van der Waals surface area contributed by atoms with Crippen LogP contribution >= 0.6 is 11.6 Å². The highest BCUT2D eigenvalue weighted by atomic mass is 35.5. The number of ether oxygens (including phenoxy) is 1. The Balaban J connectivity index is 1.39. The lowest BCUT2D eigenvalue weighted by Gasteiger charge is -2.11. The van der Waals surface area contributed by atoms with Crippen LogP contribution in [-0.4, -0.2) is 40.1 Å². The average Bonchev–Trinajstić information content (AvgIpc) is 3.41. The molecule has 3 amide bonds. The van der Waals surface area contributed by atoms with Gasteiger partial charge >= 0.3 is 5.97 Å². The molecule has 0 saturated carbocycles. The highest BCUT2D eigenvalue weighted by Gasteiger charge is 2.36. The second-order valence-corrected chi connectivity index (χ2v) is 7.49. The van der Waals surface area contributed by atoms with Crippen molar-refractivity contribution in [2.75, 3.05) is 11.9 Å². The quantitative estimate of drug-likeness (QED) is 0.232. The zero-order valence-corrected chi connectivity index (χ0v) is 17.9. The maximum atomic E-state index is 12.7. The molecule has 3 aromatic rings. The number of anilines is 1. The zero-order valence-electron chi connectivity index (χ0n) is 17.1. The van der Waals surface area contributed by atoms with Gasteiger partial charge in [-0.1, -0.05) is 11.6 Å². The molecule has 12 heteroatoms. The van der Waals surface area contributed by atoms with Gasteiger partial charge in [-0.3, -0.25) is 29.4 Å². The Morgan fingerprint density at radius 3 is 2.56 bits per heavy atom. The van der Waals surface area contributed by atoms with Crippen molar-refractivity contribution in [2.45, 2.75) is 6.54 Å². The SMILES string of the molecule is O=C(COC(=O)c1ccc2c(c1)C(=O)N(Cc1ccco1)C2=O)Nc1ccc(Cl)c([N+](=O)[O-])c1. The van der Waals surface area contributed by atoms with Crippen molar-refractivity contribution in [1.82, 2.24) is 4.90 Å². The van der Waals surface area contributed by atoms with Gasteiger partial charge in [-0.2, -0.15) is 0 Å². The van der Waals surface area contributed by atoms with Gasteiger partial charge in [-0.15, -0.1) is 0 Å². The van der Waals surface area contributed by atoms with Crippen molar-refractivity contribution < 1.29 is 33.3 Å². The molecule has 1 N–H and O–H groups in total. The summed E-state index contributed by atoms with van der Waals surface area (Å²) >= 11 is 5.73. The van der Waals surface area contributed by atoms with Crippen LogP contribution < -0.4 is 5.32 Å². The average molecular weight is 484 g/mol. The van der Waals surface area contributed by atoms with Gasteiger partial charge in [0.1, 0.15) is 10.8 Å². The van der Waals surface area contributed by atoms with Crippen molar-refractivity contribution in [3.8, 4) is 0 Å². The van der Waals surface area contributed by atoms with Crippen LogP contribution in [-0.2, 0) is 16.1 Å². The van der Waals surface area contributed by atoms with Crippen LogP contribution in [0.4, 0.5) is 11.4 Å². The van der Waals surface area contributed by atoms with Crippen molar-refractivity contribution in [1.29, 1.82) is 0 Å². The molecule has 0 fully saturated rings. The number of nitro benzene ring substituents is 1. The number of fused-ring (bicyclic) bond motifs is 1. The first kappa shape index (κ1) is 22.7. The van der Waals surface area contributed by atoms with E-state index in [0.717, 1.165) is 11.0 Å². The Bertz CT molecular complexity index is 1340. The fourth-order valence-electron chi connectivity index (χ4n) is 3.26. The highest BCUT2D eigenvalue weighted by molar-refractivity contribution is 6.32. The first-order valence-corrected chi connectivity index (χ1v) is 10.1. The van der Waals surface area contributed by atoms with Gasteiger partial charge in [-0.05, 0) is 42.5 Å². The third kappa shape index (κ3) is 4.50. The van der Waals surface area contributed by atoms with E-state index in [1.807, 2.05) is 0 Å². The standard InChI is InChI=1S/C22H14ClN3O8/c23-17-6-4-13(9-18(17)26(31)32)24-19(27)11-34-22(30)12-3-5-15-16(8-12)21(29)25(20(15)28)10-14-2-1-7-33-14/h1-9H,10-11H2,(H,24,27). The summed E-state index contributed by atoms with van der Waals surface area (Å²) in [5, 5.41) is 13.2. The minimum Gasteiger partial charge on any atom is -0.467 e. The van der Waals surface area contributed by atoms with Crippen molar-refractivity contribution in [3.63, 3.8) is 0 Å². The highest BCUT2D eigenvalue weighted by Crippen LogP contribution is 2.28. The molecular weight excluding hydrogens is 470 g/mol. The minimum atomic E-state index is -0.898. The van der Waals surface area contributed by atoms with Crippen LogP contribution in [0, 0.1) is 10.1 Å².